The van der Waals surface area contributed by atoms with Gasteiger partial charge in [0.15, 0.2) is 0 Å². The van der Waals surface area contributed by atoms with Crippen LogP contribution >= 0.6 is 0 Å². The molecule has 0 amide bonds. The maximum absolute atomic E-state index is 6.06. The molecule has 0 aliphatic rings. The number of nitrogens with two attached hydrogens (primary N) is 2. The van der Waals surface area contributed by atoms with Gasteiger partial charge in [0.05, 0.1) is 0 Å². The SMILES string of the molecule is CC(CCCCN)CC(C)C(C)(C)N. The Labute approximate surface area is 89.4 Å². The third kappa shape index (κ3) is 6.39. The zero-order valence-electron chi connectivity index (χ0n) is 10.3. The van der Waals surface area contributed by atoms with Crippen molar-refractivity contribution < 1.29 is 0 Å². The van der Waals surface area contributed by atoms with Crippen molar-refractivity contribution in [3.63, 3.8) is 0 Å². The summed E-state index contributed by atoms with van der Waals surface area (Å²) in [5, 5.41) is 0. The van der Waals surface area contributed by atoms with Crippen LogP contribution in [0.15, 0.2) is 0 Å². The van der Waals surface area contributed by atoms with E-state index >= 15 is 0 Å². The molecule has 0 aromatic carbocycles. The van der Waals surface area contributed by atoms with Gasteiger partial charge in [-0.2, -0.15) is 0 Å². The lowest BCUT2D eigenvalue weighted by Gasteiger charge is -2.29. The summed E-state index contributed by atoms with van der Waals surface area (Å²) in [5.41, 5.74) is 11.5. The summed E-state index contributed by atoms with van der Waals surface area (Å²) in [7, 11) is 0. The first kappa shape index (κ1) is 13.9. The van der Waals surface area contributed by atoms with Gasteiger partial charge >= 0.3 is 0 Å². The van der Waals surface area contributed by atoms with Gasteiger partial charge in [-0.15, -0.1) is 0 Å². The van der Waals surface area contributed by atoms with Crippen LogP contribution in [0.1, 0.15) is 53.4 Å². The molecule has 4 N–H and O–H groups in total. The lowest BCUT2D eigenvalue weighted by Crippen LogP contribution is -2.40. The highest BCUT2D eigenvalue weighted by Gasteiger charge is 2.21. The molecule has 0 rings (SSSR count). The summed E-state index contributed by atoms with van der Waals surface area (Å²) in [5.74, 6) is 1.37. The van der Waals surface area contributed by atoms with Crippen molar-refractivity contribution >= 4 is 0 Å². The maximum atomic E-state index is 6.06. The van der Waals surface area contributed by atoms with Gasteiger partial charge in [0, 0.05) is 5.54 Å². The van der Waals surface area contributed by atoms with Crippen LogP contribution in [0.3, 0.4) is 0 Å². The molecule has 0 aromatic rings. The van der Waals surface area contributed by atoms with Gasteiger partial charge in [0.2, 0.25) is 0 Å². The molecule has 0 aliphatic heterocycles. The first-order chi connectivity index (χ1) is 6.38. The first-order valence-electron chi connectivity index (χ1n) is 5.87. The van der Waals surface area contributed by atoms with Gasteiger partial charge in [-0.05, 0) is 45.1 Å². The van der Waals surface area contributed by atoms with Gasteiger partial charge in [-0.25, -0.2) is 0 Å². The van der Waals surface area contributed by atoms with E-state index in [0.717, 1.165) is 18.9 Å². The minimum absolute atomic E-state index is 0.0396. The second-order valence-corrected chi connectivity index (χ2v) is 5.35. The van der Waals surface area contributed by atoms with Crippen LogP contribution in [-0.2, 0) is 0 Å². The fraction of sp³-hybridized carbons (Fsp3) is 1.00. The van der Waals surface area contributed by atoms with Crippen LogP contribution in [0.25, 0.3) is 0 Å². The second-order valence-electron chi connectivity index (χ2n) is 5.35. The molecule has 0 heterocycles. The van der Waals surface area contributed by atoms with Gasteiger partial charge in [0.25, 0.3) is 0 Å². The van der Waals surface area contributed by atoms with Crippen molar-refractivity contribution in [3.05, 3.63) is 0 Å². The average Bonchev–Trinajstić information content (AvgIpc) is 2.03. The number of hydrogen-bond acceptors (Lipinski definition) is 2. The topological polar surface area (TPSA) is 52.0 Å². The van der Waals surface area contributed by atoms with Crippen LogP contribution in [0, 0.1) is 11.8 Å². The Hall–Kier alpha value is -0.0800. The molecule has 2 heteroatoms. The Morgan fingerprint density at radius 1 is 1.14 bits per heavy atom. The van der Waals surface area contributed by atoms with E-state index in [2.05, 4.69) is 27.7 Å². The fourth-order valence-electron chi connectivity index (χ4n) is 1.66. The normalized spacial score (nSPS) is 16.7. The smallest absolute Gasteiger partial charge is 0.0123 e. The standard InChI is InChI=1S/C12H28N2/c1-10(7-5-6-8-13)9-11(2)12(3,4)14/h10-11H,5-9,13-14H2,1-4H3. The van der Waals surface area contributed by atoms with Crippen molar-refractivity contribution in [1.82, 2.24) is 0 Å². The fourth-order valence-corrected chi connectivity index (χ4v) is 1.66. The molecule has 0 saturated heterocycles. The monoisotopic (exact) mass is 200 g/mol. The van der Waals surface area contributed by atoms with Gasteiger partial charge in [0.1, 0.15) is 0 Å². The van der Waals surface area contributed by atoms with Gasteiger partial charge in [-0.3, -0.25) is 0 Å². The summed E-state index contributed by atoms with van der Waals surface area (Å²) in [6, 6.07) is 0. The molecular weight excluding hydrogens is 172 g/mol. The molecule has 0 spiro atoms. The Morgan fingerprint density at radius 2 is 1.71 bits per heavy atom. The molecule has 0 aromatic heterocycles. The Morgan fingerprint density at radius 3 is 2.14 bits per heavy atom. The van der Waals surface area contributed by atoms with Crippen molar-refractivity contribution in [3.8, 4) is 0 Å². The largest absolute Gasteiger partial charge is 0.330 e. The number of hydrogen-bond donors (Lipinski definition) is 2. The highest BCUT2D eigenvalue weighted by molar-refractivity contribution is 4.80. The zero-order chi connectivity index (χ0) is 11.2. The van der Waals surface area contributed by atoms with Crippen LogP contribution < -0.4 is 11.5 Å². The Balaban J connectivity index is 3.66. The highest BCUT2D eigenvalue weighted by atomic mass is 14.7. The molecule has 86 valence electrons. The quantitative estimate of drug-likeness (QED) is 0.620. The average molecular weight is 200 g/mol. The molecule has 0 radical (unpaired) electrons. The minimum Gasteiger partial charge on any atom is -0.330 e. The third-order valence-corrected chi connectivity index (χ3v) is 3.18. The molecule has 2 atom stereocenters. The zero-order valence-corrected chi connectivity index (χ0v) is 10.3. The number of unbranched alkanes of at least 4 members (excludes halogenated alkanes) is 1. The van der Waals surface area contributed by atoms with E-state index < -0.39 is 0 Å². The molecule has 2 unspecified atom stereocenters. The lowest BCUT2D eigenvalue weighted by atomic mass is 9.82. The Kier molecular flexibility index (Phi) is 6.38. The lowest BCUT2D eigenvalue weighted by molar-refractivity contribution is 0.276. The van der Waals surface area contributed by atoms with Crippen molar-refractivity contribution in [2.45, 2.75) is 58.9 Å². The van der Waals surface area contributed by atoms with E-state index in [1.807, 2.05) is 0 Å². The van der Waals surface area contributed by atoms with Crippen LogP contribution in [0.2, 0.25) is 0 Å². The number of rotatable bonds is 7. The van der Waals surface area contributed by atoms with Crippen molar-refractivity contribution in [1.29, 1.82) is 0 Å². The van der Waals surface area contributed by atoms with Crippen molar-refractivity contribution in [2.75, 3.05) is 6.54 Å². The van der Waals surface area contributed by atoms with E-state index in [0.29, 0.717) is 5.92 Å². The summed E-state index contributed by atoms with van der Waals surface area (Å²) in [6.07, 6.45) is 4.94. The van der Waals surface area contributed by atoms with Gasteiger partial charge < -0.3 is 11.5 Å². The van der Waals surface area contributed by atoms with Gasteiger partial charge in [-0.1, -0.05) is 26.7 Å². The predicted molar refractivity (Wildman–Crippen MR) is 64.1 cm³/mol. The Bertz CT molecular complexity index is 138. The van der Waals surface area contributed by atoms with E-state index in [4.69, 9.17) is 11.5 Å². The molecule has 0 bridgehead atoms. The molecule has 0 saturated carbocycles. The first-order valence-corrected chi connectivity index (χ1v) is 5.87. The summed E-state index contributed by atoms with van der Waals surface area (Å²) in [6.45, 7) is 9.62. The third-order valence-electron chi connectivity index (χ3n) is 3.18. The van der Waals surface area contributed by atoms with E-state index in [1.165, 1.54) is 19.3 Å². The van der Waals surface area contributed by atoms with E-state index in [9.17, 15) is 0 Å². The summed E-state index contributed by atoms with van der Waals surface area (Å²) >= 11 is 0. The summed E-state index contributed by atoms with van der Waals surface area (Å²) < 4.78 is 0. The summed E-state index contributed by atoms with van der Waals surface area (Å²) in [4.78, 5) is 0. The predicted octanol–water partition coefficient (Wildman–Crippen LogP) is 2.52. The second kappa shape index (κ2) is 6.41. The molecule has 0 fully saturated rings. The highest BCUT2D eigenvalue weighted by Crippen LogP contribution is 2.24. The van der Waals surface area contributed by atoms with E-state index in [-0.39, 0.29) is 5.54 Å². The van der Waals surface area contributed by atoms with Crippen LogP contribution in [0.4, 0.5) is 0 Å². The van der Waals surface area contributed by atoms with Crippen LogP contribution in [0.5, 0.6) is 0 Å². The maximum Gasteiger partial charge on any atom is 0.0123 e. The molecule has 14 heavy (non-hydrogen) atoms. The van der Waals surface area contributed by atoms with E-state index in [1.54, 1.807) is 0 Å². The van der Waals surface area contributed by atoms with Crippen LogP contribution in [-0.4, -0.2) is 12.1 Å². The minimum atomic E-state index is -0.0396. The van der Waals surface area contributed by atoms with Crippen molar-refractivity contribution in [2.24, 2.45) is 23.3 Å². The molecule has 2 nitrogen and oxygen atoms in total. The molecular formula is C12H28N2. The molecule has 0 aliphatic carbocycles.